The zero-order valence-electron chi connectivity index (χ0n) is 14.2. The largest absolute Gasteiger partial charge is 0.423 e. The van der Waals surface area contributed by atoms with Crippen molar-refractivity contribution in [3.05, 3.63) is 95.1 Å². The van der Waals surface area contributed by atoms with Crippen molar-refractivity contribution < 1.29 is 9.53 Å². The van der Waals surface area contributed by atoms with Crippen LogP contribution in [0.25, 0.3) is 0 Å². The molecule has 0 unspecified atom stereocenters. The van der Waals surface area contributed by atoms with Gasteiger partial charge in [-0.1, -0.05) is 0 Å². The molecule has 0 spiro atoms. The molecule has 3 aromatic carbocycles. The minimum Gasteiger partial charge on any atom is -0.423 e. The normalized spacial score (nSPS) is 10.1. The number of benzene rings is 3. The fourth-order valence-corrected chi connectivity index (χ4v) is 2.24. The third kappa shape index (κ3) is 4.66. The molecule has 0 heterocycles. The summed E-state index contributed by atoms with van der Waals surface area (Å²) in [5, 5.41) is 17.6. The standard InChI is InChI=1S/C22H13N3O2/c23-13-16-1-7-19(8-2-16)22(26)27-21-11-5-18(6-12-21)15-25-20-9-3-17(14-24)4-10-20/h1-12,15H. The molecule has 0 radical (unpaired) electrons. The highest BCUT2D eigenvalue weighted by Gasteiger charge is 2.08. The molecule has 0 bridgehead atoms. The Balaban J connectivity index is 1.64. The van der Waals surface area contributed by atoms with Gasteiger partial charge < -0.3 is 4.74 Å². The quantitative estimate of drug-likeness (QED) is 0.396. The summed E-state index contributed by atoms with van der Waals surface area (Å²) in [6.45, 7) is 0. The Labute approximate surface area is 156 Å². The molecule has 0 N–H and O–H groups in total. The van der Waals surface area contributed by atoms with Gasteiger partial charge in [0.2, 0.25) is 0 Å². The van der Waals surface area contributed by atoms with E-state index in [1.165, 1.54) is 0 Å². The first-order valence-corrected chi connectivity index (χ1v) is 8.04. The van der Waals surface area contributed by atoms with Gasteiger partial charge in [-0.25, -0.2) is 4.79 Å². The lowest BCUT2D eigenvalue weighted by atomic mass is 10.1. The van der Waals surface area contributed by atoms with Crippen LogP contribution in [0.15, 0.2) is 77.8 Å². The van der Waals surface area contributed by atoms with E-state index in [0.29, 0.717) is 22.4 Å². The molecular formula is C22H13N3O2. The van der Waals surface area contributed by atoms with Crippen LogP contribution in [0.5, 0.6) is 5.75 Å². The predicted octanol–water partition coefficient (Wildman–Crippen LogP) is 4.40. The van der Waals surface area contributed by atoms with Crippen molar-refractivity contribution >= 4 is 17.9 Å². The Morgan fingerprint density at radius 3 is 1.93 bits per heavy atom. The van der Waals surface area contributed by atoms with E-state index in [4.69, 9.17) is 15.3 Å². The van der Waals surface area contributed by atoms with Crippen LogP contribution in [-0.2, 0) is 0 Å². The minimum atomic E-state index is -0.488. The van der Waals surface area contributed by atoms with Crippen molar-refractivity contribution in [3.63, 3.8) is 0 Å². The lowest BCUT2D eigenvalue weighted by Crippen LogP contribution is -2.08. The SMILES string of the molecule is N#Cc1ccc(N=Cc2ccc(OC(=O)c3ccc(C#N)cc3)cc2)cc1. The van der Waals surface area contributed by atoms with Gasteiger partial charge in [0.1, 0.15) is 5.75 Å². The first-order chi connectivity index (χ1) is 13.2. The fourth-order valence-electron chi connectivity index (χ4n) is 2.24. The van der Waals surface area contributed by atoms with E-state index >= 15 is 0 Å². The molecular weight excluding hydrogens is 338 g/mol. The molecule has 0 amide bonds. The highest BCUT2D eigenvalue weighted by atomic mass is 16.5. The van der Waals surface area contributed by atoms with E-state index in [-0.39, 0.29) is 0 Å². The molecule has 0 saturated heterocycles. The van der Waals surface area contributed by atoms with Crippen molar-refractivity contribution in [2.75, 3.05) is 0 Å². The second-order valence-electron chi connectivity index (χ2n) is 5.56. The summed E-state index contributed by atoms with van der Waals surface area (Å²) in [7, 11) is 0. The molecule has 0 atom stereocenters. The Morgan fingerprint density at radius 2 is 1.37 bits per heavy atom. The third-order valence-electron chi connectivity index (χ3n) is 3.70. The van der Waals surface area contributed by atoms with Crippen molar-refractivity contribution in [1.82, 2.24) is 0 Å². The maximum atomic E-state index is 12.1. The maximum absolute atomic E-state index is 12.1. The molecule has 27 heavy (non-hydrogen) atoms. The summed E-state index contributed by atoms with van der Waals surface area (Å²) in [5.74, 6) is -0.0710. The van der Waals surface area contributed by atoms with E-state index in [9.17, 15) is 4.79 Å². The van der Waals surface area contributed by atoms with Crippen molar-refractivity contribution in [2.45, 2.75) is 0 Å². The first-order valence-electron chi connectivity index (χ1n) is 8.04. The number of carbonyl (C=O) groups excluding carboxylic acids is 1. The number of esters is 1. The van der Waals surface area contributed by atoms with Gasteiger partial charge in [-0.05, 0) is 78.4 Å². The summed E-state index contributed by atoms with van der Waals surface area (Å²) in [6, 6.07) is 24.2. The lowest BCUT2D eigenvalue weighted by molar-refractivity contribution is 0.0735. The maximum Gasteiger partial charge on any atom is 0.343 e. The molecule has 3 rings (SSSR count). The monoisotopic (exact) mass is 351 g/mol. The average Bonchev–Trinajstić information content (AvgIpc) is 2.73. The third-order valence-corrected chi connectivity index (χ3v) is 3.70. The highest BCUT2D eigenvalue weighted by molar-refractivity contribution is 5.91. The van der Waals surface area contributed by atoms with Crippen LogP contribution in [-0.4, -0.2) is 12.2 Å². The van der Waals surface area contributed by atoms with Gasteiger partial charge in [0.05, 0.1) is 34.5 Å². The van der Waals surface area contributed by atoms with Gasteiger partial charge in [0.15, 0.2) is 0 Å². The topological polar surface area (TPSA) is 86.2 Å². The highest BCUT2D eigenvalue weighted by Crippen LogP contribution is 2.16. The van der Waals surface area contributed by atoms with Crippen molar-refractivity contribution in [3.8, 4) is 17.9 Å². The summed E-state index contributed by atoms with van der Waals surface area (Å²) < 4.78 is 5.32. The summed E-state index contributed by atoms with van der Waals surface area (Å²) in [6.07, 6.45) is 1.69. The molecule has 5 heteroatoms. The molecule has 0 aliphatic heterocycles. The van der Waals surface area contributed by atoms with Crippen LogP contribution in [0.3, 0.4) is 0 Å². The van der Waals surface area contributed by atoms with Crippen molar-refractivity contribution in [2.24, 2.45) is 4.99 Å². The van der Waals surface area contributed by atoms with E-state index in [1.807, 2.05) is 6.07 Å². The van der Waals surface area contributed by atoms with Crippen LogP contribution < -0.4 is 4.74 Å². The zero-order chi connectivity index (χ0) is 19.1. The van der Waals surface area contributed by atoms with Gasteiger partial charge >= 0.3 is 5.97 Å². The van der Waals surface area contributed by atoms with Crippen LogP contribution in [0.1, 0.15) is 27.0 Å². The number of ether oxygens (including phenoxy) is 1. The lowest BCUT2D eigenvalue weighted by Gasteiger charge is -2.04. The van der Waals surface area contributed by atoms with Gasteiger partial charge in [-0.15, -0.1) is 0 Å². The van der Waals surface area contributed by atoms with Gasteiger partial charge in [-0.2, -0.15) is 10.5 Å². The second kappa shape index (κ2) is 8.24. The summed E-state index contributed by atoms with van der Waals surface area (Å²) >= 11 is 0. The molecule has 0 fully saturated rings. The molecule has 0 saturated carbocycles. The Bertz CT molecular complexity index is 1050. The van der Waals surface area contributed by atoms with Gasteiger partial charge in [0, 0.05) is 6.21 Å². The van der Waals surface area contributed by atoms with E-state index in [0.717, 1.165) is 11.3 Å². The second-order valence-corrected chi connectivity index (χ2v) is 5.56. The van der Waals surface area contributed by atoms with Crippen molar-refractivity contribution in [1.29, 1.82) is 10.5 Å². The van der Waals surface area contributed by atoms with E-state index in [2.05, 4.69) is 11.1 Å². The van der Waals surface area contributed by atoms with Crippen LogP contribution >= 0.6 is 0 Å². The van der Waals surface area contributed by atoms with Crippen LogP contribution in [0.4, 0.5) is 5.69 Å². The smallest absolute Gasteiger partial charge is 0.343 e. The number of nitriles is 2. The summed E-state index contributed by atoms with van der Waals surface area (Å²) in [4.78, 5) is 16.4. The van der Waals surface area contributed by atoms with Crippen LogP contribution in [0, 0.1) is 22.7 Å². The predicted molar refractivity (Wildman–Crippen MR) is 101 cm³/mol. The van der Waals surface area contributed by atoms with Gasteiger partial charge in [-0.3, -0.25) is 4.99 Å². The zero-order valence-corrected chi connectivity index (χ0v) is 14.2. The Kier molecular flexibility index (Phi) is 5.37. The molecule has 3 aromatic rings. The molecule has 0 aliphatic carbocycles. The number of carbonyl (C=O) groups is 1. The number of nitrogens with zero attached hydrogens (tertiary/aromatic N) is 3. The van der Waals surface area contributed by atoms with Gasteiger partial charge in [0.25, 0.3) is 0 Å². The van der Waals surface area contributed by atoms with E-state index in [1.54, 1.807) is 79.0 Å². The Hall–Kier alpha value is -4.22. The number of hydrogen-bond acceptors (Lipinski definition) is 5. The molecule has 128 valence electrons. The average molecular weight is 351 g/mol. The number of aliphatic imine (C=N–C) groups is 1. The van der Waals surface area contributed by atoms with Crippen LogP contribution in [0.2, 0.25) is 0 Å². The van der Waals surface area contributed by atoms with E-state index < -0.39 is 5.97 Å². The number of hydrogen-bond donors (Lipinski definition) is 0. The molecule has 0 aromatic heterocycles. The molecule has 0 aliphatic rings. The minimum absolute atomic E-state index is 0.375. The Morgan fingerprint density at radius 1 is 0.815 bits per heavy atom. The first kappa shape index (κ1) is 17.6. The summed E-state index contributed by atoms with van der Waals surface area (Å²) in [5.41, 5.74) is 3.03. The molecule has 5 nitrogen and oxygen atoms in total. The fraction of sp³-hybridized carbons (Fsp3) is 0. The number of rotatable bonds is 4.